The summed E-state index contributed by atoms with van der Waals surface area (Å²) in [6.45, 7) is 1.57. The van der Waals surface area contributed by atoms with Crippen LogP contribution in [-0.4, -0.2) is 34.1 Å². The minimum absolute atomic E-state index is 0.0912. The maximum atomic E-state index is 8.88. The Hall–Kier alpha value is -0.120. The maximum Gasteiger partial charge on any atom is 0.0828 e. The van der Waals surface area contributed by atoms with E-state index in [0.29, 0.717) is 0 Å². The Morgan fingerprint density at radius 1 is 1.44 bits per heavy atom. The lowest BCUT2D eigenvalue weighted by atomic mass is 10.1. The molecule has 1 radical (unpaired) electrons. The van der Waals surface area contributed by atoms with Gasteiger partial charge in [-0.25, -0.2) is 0 Å². The minimum atomic E-state index is -0.819. The van der Waals surface area contributed by atoms with E-state index in [2.05, 4.69) is 0 Å². The number of hydrogen-bond acceptors (Lipinski definition) is 3. The monoisotopic (exact) mass is 133 g/mol. The summed E-state index contributed by atoms with van der Waals surface area (Å²) in [7, 11) is 0. The van der Waals surface area contributed by atoms with Crippen LogP contribution in [0.15, 0.2) is 0 Å². The number of aliphatic hydroxyl groups is 3. The highest BCUT2D eigenvalue weighted by atomic mass is 16.3. The van der Waals surface area contributed by atoms with E-state index in [9.17, 15) is 0 Å². The van der Waals surface area contributed by atoms with Crippen LogP contribution in [0.25, 0.3) is 0 Å². The molecule has 0 aliphatic carbocycles. The first-order chi connectivity index (χ1) is 4.22. The highest BCUT2D eigenvalue weighted by Gasteiger charge is 2.12. The summed E-state index contributed by atoms with van der Waals surface area (Å²) in [6.07, 6.45) is 0.0865. The van der Waals surface area contributed by atoms with Crippen molar-refractivity contribution in [1.82, 2.24) is 0 Å². The van der Waals surface area contributed by atoms with Gasteiger partial charge in [0.1, 0.15) is 0 Å². The molecule has 3 nitrogen and oxygen atoms in total. The number of rotatable bonds is 4. The van der Waals surface area contributed by atoms with Crippen molar-refractivity contribution in [3.63, 3.8) is 0 Å². The van der Waals surface area contributed by atoms with Gasteiger partial charge in [-0.2, -0.15) is 0 Å². The van der Waals surface area contributed by atoms with Crippen LogP contribution in [0.4, 0.5) is 0 Å². The topological polar surface area (TPSA) is 60.7 Å². The van der Waals surface area contributed by atoms with Gasteiger partial charge < -0.3 is 15.3 Å². The van der Waals surface area contributed by atoms with Crippen LogP contribution in [0.3, 0.4) is 0 Å². The Morgan fingerprint density at radius 3 is 2.33 bits per heavy atom. The normalized spacial score (nSPS) is 17.3. The molecule has 0 saturated heterocycles. The van der Waals surface area contributed by atoms with Crippen LogP contribution in [0.1, 0.15) is 13.3 Å². The first-order valence-corrected chi connectivity index (χ1v) is 2.98. The predicted molar refractivity (Wildman–Crippen MR) is 33.7 cm³/mol. The zero-order valence-corrected chi connectivity index (χ0v) is 5.49. The van der Waals surface area contributed by atoms with Crippen molar-refractivity contribution < 1.29 is 15.3 Å². The van der Waals surface area contributed by atoms with E-state index < -0.39 is 12.2 Å². The van der Waals surface area contributed by atoms with Crippen LogP contribution >= 0.6 is 0 Å². The fraction of sp³-hybridized carbons (Fsp3) is 0.833. The molecule has 0 aliphatic heterocycles. The van der Waals surface area contributed by atoms with E-state index in [1.165, 1.54) is 6.42 Å². The fourth-order valence-corrected chi connectivity index (χ4v) is 0.525. The molecular weight excluding hydrogens is 120 g/mol. The van der Waals surface area contributed by atoms with Crippen molar-refractivity contribution in [2.75, 3.05) is 6.61 Å². The van der Waals surface area contributed by atoms with Crippen molar-refractivity contribution in [3.8, 4) is 0 Å². The van der Waals surface area contributed by atoms with Crippen molar-refractivity contribution >= 4 is 0 Å². The zero-order chi connectivity index (χ0) is 7.28. The van der Waals surface area contributed by atoms with Crippen molar-refractivity contribution in [3.05, 3.63) is 6.42 Å². The van der Waals surface area contributed by atoms with Crippen LogP contribution in [0.5, 0.6) is 0 Å². The Labute approximate surface area is 54.9 Å². The molecule has 2 atom stereocenters. The van der Waals surface area contributed by atoms with Gasteiger partial charge in [0.25, 0.3) is 0 Å². The lowest BCUT2D eigenvalue weighted by molar-refractivity contribution is 0.0236. The van der Waals surface area contributed by atoms with Gasteiger partial charge in [0.2, 0.25) is 0 Å². The lowest BCUT2D eigenvalue weighted by Gasteiger charge is -2.13. The molecule has 0 saturated carbocycles. The molecule has 2 unspecified atom stereocenters. The Balaban J connectivity index is 3.32. The van der Waals surface area contributed by atoms with Gasteiger partial charge in [0.05, 0.1) is 12.2 Å². The molecule has 9 heavy (non-hydrogen) atoms. The van der Waals surface area contributed by atoms with Gasteiger partial charge in [-0.15, -0.1) is 0 Å². The summed E-state index contributed by atoms with van der Waals surface area (Å²) in [6, 6.07) is 0. The van der Waals surface area contributed by atoms with Gasteiger partial charge in [-0.3, -0.25) is 0 Å². The molecule has 0 aliphatic rings. The molecule has 0 aromatic rings. The summed E-state index contributed by atoms with van der Waals surface area (Å²) in [5.41, 5.74) is 0. The molecule has 0 fully saturated rings. The van der Waals surface area contributed by atoms with E-state index in [1.54, 1.807) is 6.92 Å². The van der Waals surface area contributed by atoms with Gasteiger partial charge >= 0.3 is 0 Å². The molecule has 0 spiro atoms. The summed E-state index contributed by atoms with van der Waals surface area (Å²) in [5, 5.41) is 26.0. The van der Waals surface area contributed by atoms with Gasteiger partial charge in [-0.1, -0.05) is 6.92 Å². The molecule has 0 aromatic carbocycles. The fourth-order valence-electron chi connectivity index (χ4n) is 0.525. The second kappa shape index (κ2) is 4.73. The van der Waals surface area contributed by atoms with Crippen molar-refractivity contribution in [2.24, 2.45) is 0 Å². The second-order valence-corrected chi connectivity index (χ2v) is 1.90. The van der Waals surface area contributed by atoms with E-state index >= 15 is 0 Å². The highest BCUT2D eigenvalue weighted by molar-refractivity contribution is 4.76. The molecule has 0 aromatic heterocycles. The first-order valence-electron chi connectivity index (χ1n) is 2.98. The third-order valence-electron chi connectivity index (χ3n) is 1.16. The third kappa shape index (κ3) is 3.46. The quantitative estimate of drug-likeness (QED) is 0.476. The Bertz CT molecular complexity index is 65.3. The van der Waals surface area contributed by atoms with E-state index in [1.807, 2.05) is 0 Å². The molecule has 0 heterocycles. The van der Waals surface area contributed by atoms with E-state index in [0.717, 1.165) is 0 Å². The second-order valence-electron chi connectivity index (χ2n) is 1.90. The zero-order valence-electron chi connectivity index (χ0n) is 5.49. The summed E-state index contributed by atoms with van der Waals surface area (Å²) >= 11 is 0. The minimum Gasteiger partial charge on any atom is -0.396 e. The number of aliphatic hydroxyl groups excluding tert-OH is 3. The SMILES string of the molecule is C[CH]C(O)C(O)CCO. The molecule has 0 amide bonds. The third-order valence-corrected chi connectivity index (χ3v) is 1.16. The molecule has 0 bridgehead atoms. The van der Waals surface area contributed by atoms with E-state index in [4.69, 9.17) is 15.3 Å². The lowest BCUT2D eigenvalue weighted by Crippen LogP contribution is -2.26. The van der Waals surface area contributed by atoms with Gasteiger partial charge in [0, 0.05) is 6.61 Å². The summed E-state index contributed by atoms with van der Waals surface area (Å²) in [5.74, 6) is 0. The number of hydrogen-bond donors (Lipinski definition) is 3. The molecule has 55 valence electrons. The van der Waals surface area contributed by atoms with Crippen LogP contribution in [-0.2, 0) is 0 Å². The molecule has 0 rings (SSSR count). The average molecular weight is 133 g/mol. The summed E-state index contributed by atoms with van der Waals surface area (Å²) < 4.78 is 0. The van der Waals surface area contributed by atoms with Gasteiger partial charge in [0.15, 0.2) is 0 Å². The molecular formula is C6H13O3. The smallest absolute Gasteiger partial charge is 0.0828 e. The van der Waals surface area contributed by atoms with Gasteiger partial charge in [-0.05, 0) is 12.8 Å². The predicted octanol–water partition coefficient (Wildman–Crippen LogP) is -0.685. The largest absolute Gasteiger partial charge is 0.396 e. The maximum absolute atomic E-state index is 8.88. The molecule has 3 heteroatoms. The van der Waals surface area contributed by atoms with Crippen LogP contribution in [0, 0.1) is 6.42 Å². The Morgan fingerprint density at radius 2 is 2.00 bits per heavy atom. The van der Waals surface area contributed by atoms with E-state index in [-0.39, 0.29) is 13.0 Å². The molecule has 3 N–H and O–H groups in total. The van der Waals surface area contributed by atoms with Crippen LogP contribution in [0.2, 0.25) is 0 Å². The highest BCUT2D eigenvalue weighted by Crippen LogP contribution is 2.00. The standard InChI is InChI=1S/C6H13O3/c1-2-5(8)6(9)3-4-7/h2,5-9H,3-4H2,1H3. The van der Waals surface area contributed by atoms with Crippen molar-refractivity contribution in [2.45, 2.75) is 25.6 Å². The van der Waals surface area contributed by atoms with Crippen molar-refractivity contribution in [1.29, 1.82) is 0 Å². The summed E-state index contributed by atoms with van der Waals surface area (Å²) in [4.78, 5) is 0. The average Bonchev–Trinajstić information content (AvgIpc) is 1.87. The Kier molecular flexibility index (Phi) is 4.67. The van der Waals surface area contributed by atoms with Crippen LogP contribution < -0.4 is 0 Å². The first kappa shape index (κ1) is 8.88.